The van der Waals surface area contributed by atoms with Crippen molar-refractivity contribution in [2.75, 3.05) is 6.61 Å². The van der Waals surface area contributed by atoms with Crippen molar-refractivity contribution in [1.82, 2.24) is 4.98 Å². The van der Waals surface area contributed by atoms with E-state index >= 15 is 0 Å². The Bertz CT molecular complexity index is 448. The van der Waals surface area contributed by atoms with Crippen molar-refractivity contribution in [1.29, 1.82) is 0 Å². The van der Waals surface area contributed by atoms with E-state index in [9.17, 15) is 4.79 Å². The average Bonchev–Trinajstić information content (AvgIpc) is 2.59. The molecule has 0 spiro atoms. The van der Waals surface area contributed by atoms with E-state index < -0.39 is 0 Å². The van der Waals surface area contributed by atoms with Crippen molar-refractivity contribution in [2.24, 2.45) is 0 Å². The summed E-state index contributed by atoms with van der Waals surface area (Å²) in [5, 5.41) is -0.295. The fourth-order valence-electron chi connectivity index (χ4n) is 1.11. The molecule has 15 heavy (non-hydrogen) atoms. The summed E-state index contributed by atoms with van der Waals surface area (Å²) < 4.78 is 6.65. The monoisotopic (exact) mass is 239 g/mol. The molecule has 0 unspecified atom stereocenters. The minimum atomic E-state index is -0.295. The fourth-order valence-corrected chi connectivity index (χ4v) is 2.91. The van der Waals surface area contributed by atoms with Gasteiger partial charge in [-0.25, -0.2) is 9.78 Å². The number of carbonyl (C=O) groups excluding carboxylic acids is 1. The zero-order valence-electron chi connectivity index (χ0n) is 8.10. The lowest BCUT2D eigenvalue weighted by molar-refractivity contribution is 0.181. The Morgan fingerprint density at radius 3 is 3.07 bits per heavy atom. The Balaban J connectivity index is 2.18. The topological polar surface area (TPSA) is 39.2 Å². The molecule has 0 bridgehead atoms. The van der Waals surface area contributed by atoms with Gasteiger partial charge in [0.25, 0.3) is 0 Å². The van der Waals surface area contributed by atoms with Crippen LogP contribution in [-0.4, -0.2) is 16.9 Å². The molecule has 0 saturated heterocycles. The summed E-state index contributed by atoms with van der Waals surface area (Å²) in [6.45, 7) is 2.19. The van der Waals surface area contributed by atoms with Crippen LogP contribution in [-0.2, 0) is 4.74 Å². The van der Waals surface area contributed by atoms with Gasteiger partial charge < -0.3 is 4.74 Å². The largest absolute Gasteiger partial charge is 0.458 e. The second-order valence-corrected chi connectivity index (χ2v) is 4.95. The second-order valence-electron chi connectivity index (χ2n) is 2.73. The summed E-state index contributed by atoms with van der Waals surface area (Å²) in [6.07, 6.45) is 0. The van der Waals surface area contributed by atoms with E-state index in [1.54, 1.807) is 6.92 Å². The maximum absolute atomic E-state index is 11.2. The lowest BCUT2D eigenvalue weighted by Gasteiger charge is -1.96. The van der Waals surface area contributed by atoms with Crippen molar-refractivity contribution in [3.05, 3.63) is 24.3 Å². The minimum Gasteiger partial charge on any atom is -0.458 e. The van der Waals surface area contributed by atoms with Gasteiger partial charge in [0.2, 0.25) is 0 Å². The first-order chi connectivity index (χ1) is 7.29. The molecule has 0 saturated carbocycles. The second kappa shape index (κ2) is 4.63. The van der Waals surface area contributed by atoms with Crippen LogP contribution in [0.15, 0.2) is 28.6 Å². The van der Waals surface area contributed by atoms with E-state index in [1.165, 1.54) is 11.3 Å². The van der Waals surface area contributed by atoms with Crippen LogP contribution in [0.2, 0.25) is 0 Å². The third kappa shape index (κ3) is 2.49. The summed E-state index contributed by atoms with van der Waals surface area (Å²) in [7, 11) is 0. The first-order valence-corrected chi connectivity index (χ1v) is 6.13. The molecule has 78 valence electrons. The third-order valence-corrected chi connectivity index (χ3v) is 3.59. The van der Waals surface area contributed by atoms with Gasteiger partial charge >= 0.3 is 5.30 Å². The maximum atomic E-state index is 11.2. The summed E-state index contributed by atoms with van der Waals surface area (Å²) >= 11 is 2.54. The van der Waals surface area contributed by atoms with Gasteiger partial charge in [-0.15, -0.1) is 11.3 Å². The van der Waals surface area contributed by atoms with E-state index in [4.69, 9.17) is 4.74 Å². The van der Waals surface area contributed by atoms with Gasteiger partial charge in [0, 0.05) is 11.8 Å². The molecule has 0 radical (unpaired) electrons. The molecule has 2 rings (SSSR count). The molecule has 0 atom stereocenters. The standard InChI is InChI=1S/C10H9NO2S2/c1-2-13-10(12)15-9-11-7-5-3-4-6-8(7)14-9/h3-6H,2H2,1H3. The highest BCUT2D eigenvalue weighted by Gasteiger charge is 2.09. The van der Waals surface area contributed by atoms with Crippen LogP contribution in [0, 0.1) is 0 Å². The molecular weight excluding hydrogens is 230 g/mol. The summed E-state index contributed by atoms with van der Waals surface area (Å²) in [5.41, 5.74) is 0.925. The molecule has 0 aliphatic carbocycles. The quantitative estimate of drug-likeness (QED) is 0.593. The molecule has 0 fully saturated rings. The predicted molar refractivity (Wildman–Crippen MR) is 62.5 cm³/mol. The molecule has 0 aliphatic rings. The number of thioether (sulfide) groups is 1. The number of carbonyl (C=O) groups is 1. The number of benzene rings is 1. The number of para-hydroxylation sites is 1. The maximum Gasteiger partial charge on any atom is 0.374 e. The molecular formula is C10H9NO2S2. The lowest BCUT2D eigenvalue weighted by Crippen LogP contribution is -1.94. The number of hydrogen-bond acceptors (Lipinski definition) is 5. The summed E-state index contributed by atoms with van der Waals surface area (Å²) in [6, 6.07) is 7.81. The van der Waals surface area contributed by atoms with Crippen LogP contribution in [0.1, 0.15) is 6.92 Å². The molecule has 2 aromatic rings. The van der Waals surface area contributed by atoms with E-state index in [0.29, 0.717) is 6.61 Å². The average molecular weight is 239 g/mol. The number of ether oxygens (including phenoxy) is 1. The Hall–Kier alpha value is -1.07. The molecule has 5 heteroatoms. The van der Waals surface area contributed by atoms with E-state index in [1.807, 2.05) is 24.3 Å². The van der Waals surface area contributed by atoms with Crippen LogP contribution in [0.5, 0.6) is 0 Å². The van der Waals surface area contributed by atoms with Crippen LogP contribution < -0.4 is 0 Å². The lowest BCUT2D eigenvalue weighted by atomic mass is 10.3. The zero-order valence-corrected chi connectivity index (χ0v) is 9.73. The van der Waals surface area contributed by atoms with E-state index in [0.717, 1.165) is 26.3 Å². The molecule has 1 heterocycles. The Labute approximate surface area is 95.5 Å². The SMILES string of the molecule is CCOC(=O)Sc1nc2ccccc2s1. The number of hydrogen-bond donors (Lipinski definition) is 0. The van der Waals surface area contributed by atoms with Crippen molar-refractivity contribution >= 4 is 38.6 Å². The van der Waals surface area contributed by atoms with Gasteiger partial charge in [-0.2, -0.15) is 0 Å². The number of aromatic nitrogens is 1. The molecule has 0 amide bonds. The van der Waals surface area contributed by atoms with E-state index in [2.05, 4.69) is 4.98 Å². The first kappa shape index (κ1) is 10.4. The number of nitrogens with zero attached hydrogens (tertiary/aromatic N) is 1. The van der Waals surface area contributed by atoms with Crippen molar-refractivity contribution in [3.8, 4) is 0 Å². The van der Waals surface area contributed by atoms with Crippen LogP contribution in [0.3, 0.4) is 0 Å². The van der Waals surface area contributed by atoms with Crippen molar-refractivity contribution in [3.63, 3.8) is 0 Å². The molecule has 1 aromatic carbocycles. The minimum absolute atomic E-state index is 0.295. The van der Waals surface area contributed by atoms with Gasteiger partial charge in [-0.3, -0.25) is 0 Å². The van der Waals surface area contributed by atoms with Gasteiger partial charge in [-0.05, 0) is 19.1 Å². The highest BCUT2D eigenvalue weighted by Crippen LogP contribution is 2.30. The van der Waals surface area contributed by atoms with Crippen LogP contribution >= 0.6 is 23.1 Å². The van der Waals surface area contributed by atoms with Crippen LogP contribution in [0.25, 0.3) is 10.2 Å². The van der Waals surface area contributed by atoms with E-state index in [-0.39, 0.29) is 5.30 Å². The first-order valence-electron chi connectivity index (χ1n) is 4.50. The normalized spacial score (nSPS) is 10.5. The molecule has 1 aromatic heterocycles. The number of fused-ring (bicyclic) bond motifs is 1. The Kier molecular flexibility index (Phi) is 3.23. The number of rotatable bonds is 2. The van der Waals surface area contributed by atoms with Gasteiger partial charge in [0.1, 0.15) is 0 Å². The number of thiazole rings is 1. The highest BCUT2D eigenvalue weighted by atomic mass is 32.2. The van der Waals surface area contributed by atoms with Crippen molar-refractivity contribution < 1.29 is 9.53 Å². The van der Waals surface area contributed by atoms with Crippen LogP contribution in [0.4, 0.5) is 4.79 Å². The molecule has 0 N–H and O–H groups in total. The molecule has 3 nitrogen and oxygen atoms in total. The summed E-state index contributed by atoms with van der Waals surface area (Å²) in [5.74, 6) is 0. The van der Waals surface area contributed by atoms with Gasteiger partial charge in [0.05, 0.1) is 16.8 Å². The van der Waals surface area contributed by atoms with Gasteiger partial charge in [-0.1, -0.05) is 12.1 Å². The smallest absolute Gasteiger partial charge is 0.374 e. The predicted octanol–water partition coefficient (Wildman–Crippen LogP) is 3.54. The fraction of sp³-hybridized carbons (Fsp3) is 0.200. The molecule has 0 aliphatic heterocycles. The van der Waals surface area contributed by atoms with Crippen molar-refractivity contribution in [2.45, 2.75) is 11.3 Å². The summed E-state index contributed by atoms with van der Waals surface area (Å²) in [4.78, 5) is 15.5. The Morgan fingerprint density at radius 2 is 2.33 bits per heavy atom. The highest BCUT2D eigenvalue weighted by molar-refractivity contribution is 8.14. The zero-order chi connectivity index (χ0) is 10.7. The Morgan fingerprint density at radius 1 is 1.53 bits per heavy atom. The van der Waals surface area contributed by atoms with Gasteiger partial charge in [0.15, 0.2) is 4.34 Å². The third-order valence-electron chi connectivity index (χ3n) is 1.71.